The molecule has 5 atom stereocenters. The van der Waals surface area contributed by atoms with Crippen molar-refractivity contribution in [3.63, 3.8) is 0 Å². The van der Waals surface area contributed by atoms with Gasteiger partial charge in [0.2, 0.25) is 11.8 Å². The van der Waals surface area contributed by atoms with Gasteiger partial charge in [-0.2, -0.15) is 0 Å². The molecule has 2 aliphatic carbocycles. The number of nitrogens with zero attached hydrogens (tertiary/aromatic N) is 1. The van der Waals surface area contributed by atoms with Crippen molar-refractivity contribution >= 4 is 11.8 Å². The van der Waals surface area contributed by atoms with Crippen LogP contribution in [0.3, 0.4) is 0 Å². The first-order valence-corrected chi connectivity index (χ1v) is 16.7. The molecule has 1 N–H and O–H groups in total. The fraction of sp³-hybridized carbons (Fsp3) is 0.882. The highest BCUT2D eigenvalue weighted by Gasteiger charge is 2.57. The first-order chi connectivity index (χ1) is 18.4. The summed E-state index contributed by atoms with van der Waals surface area (Å²) in [7, 11) is 0. The number of nitrogens with one attached hydrogen (secondary N) is 1. The lowest BCUT2D eigenvalue weighted by atomic mass is 9.65. The van der Waals surface area contributed by atoms with E-state index in [0.717, 1.165) is 45.3 Å². The highest BCUT2D eigenvalue weighted by Crippen LogP contribution is 2.60. The summed E-state index contributed by atoms with van der Waals surface area (Å²) in [5.41, 5.74) is -0.167. The third kappa shape index (κ3) is 9.70. The maximum absolute atomic E-state index is 13.9. The minimum Gasteiger partial charge on any atom is -0.356 e. The average molecular weight is 531 g/mol. The van der Waals surface area contributed by atoms with Gasteiger partial charge < -0.3 is 10.2 Å². The molecule has 0 spiro atoms. The Morgan fingerprint density at radius 3 is 1.84 bits per heavy atom. The lowest BCUT2D eigenvalue weighted by Crippen LogP contribution is -2.46. The van der Waals surface area contributed by atoms with Gasteiger partial charge >= 0.3 is 0 Å². The van der Waals surface area contributed by atoms with E-state index >= 15 is 0 Å². The van der Waals surface area contributed by atoms with Gasteiger partial charge in [-0.15, -0.1) is 0 Å². The number of fused-ring (bicyclic) bond motifs is 2. The Labute approximate surface area is 236 Å². The minimum atomic E-state index is -0.255. The summed E-state index contributed by atoms with van der Waals surface area (Å²) in [6, 6.07) is 0. The number of carbonyl (C=O) groups is 2. The largest absolute Gasteiger partial charge is 0.356 e. The maximum atomic E-state index is 13.9. The molecule has 4 heteroatoms. The Morgan fingerprint density at radius 2 is 1.34 bits per heavy atom. The van der Waals surface area contributed by atoms with Crippen LogP contribution in [0.4, 0.5) is 0 Å². The standard InChI is InChI=1S/C34H62N2O2/c1-6-9-12-15-18-23-35-33(38)31(34-22-21-30(27-34)28(4)29(34)5)26-32(37)36(24-19-16-13-10-7-2)25-20-17-14-11-8-3/h21-22,28-31H,6-20,23-27H2,1-5H3,(H,35,38). The number of carbonyl (C=O) groups excluding carboxylic acids is 2. The molecule has 2 amide bonds. The summed E-state index contributed by atoms with van der Waals surface area (Å²) in [4.78, 5) is 29.8. The van der Waals surface area contributed by atoms with Crippen LogP contribution in [-0.4, -0.2) is 36.3 Å². The van der Waals surface area contributed by atoms with Gasteiger partial charge in [0.05, 0.1) is 5.92 Å². The van der Waals surface area contributed by atoms with E-state index in [1.807, 2.05) is 0 Å². The van der Waals surface area contributed by atoms with Gasteiger partial charge in [0.1, 0.15) is 0 Å². The normalized spacial score (nSPS) is 24.6. The van der Waals surface area contributed by atoms with Crippen LogP contribution < -0.4 is 5.32 Å². The number of allylic oxidation sites excluding steroid dienone is 2. The van der Waals surface area contributed by atoms with Crippen molar-refractivity contribution in [2.45, 2.75) is 144 Å². The molecule has 2 aliphatic rings. The number of amides is 2. The molecule has 38 heavy (non-hydrogen) atoms. The molecular formula is C34H62N2O2. The summed E-state index contributed by atoms with van der Waals surface area (Å²) < 4.78 is 0. The van der Waals surface area contributed by atoms with Gasteiger partial charge in [-0.05, 0) is 43.4 Å². The molecule has 1 fully saturated rings. The molecule has 0 aromatic rings. The molecule has 0 radical (unpaired) electrons. The quantitative estimate of drug-likeness (QED) is 0.112. The summed E-state index contributed by atoms with van der Waals surface area (Å²) in [5, 5.41) is 3.28. The second kappa shape index (κ2) is 18.1. The van der Waals surface area contributed by atoms with Crippen LogP contribution in [0.25, 0.3) is 0 Å². The lowest BCUT2D eigenvalue weighted by molar-refractivity contribution is -0.139. The number of hydrogen-bond donors (Lipinski definition) is 1. The van der Waals surface area contributed by atoms with E-state index in [1.165, 1.54) is 77.0 Å². The molecular weight excluding hydrogens is 468 g/mol. The van der Waals surface area contributed by atoms with E-state index < -0.39 is 0 Å². The van der Waals surface area contributed by atoms with Gasteiger partial charge in [-0.25, -0.2) is 0 Å². The first kappa shape index (κ1) is 32.9. The lowest BCUT2D eigenvalue weighted by Gasteiger charge is -2.39. The maximum Gasteiger partial charge on any atom is 0.224 e. The molecule has 220 valence electrons. The highest BCUT2D eigenvalue weighted by molar-refractivity contribution is 5.87. The van der Waals surface area contributed by atoms with Gasteiger partial charge in [0.15, 0.2) is 0 Å². The van der Waals surface area contributed by atoms with Crippen LogP contribution in [0.2, 0.25) is 0 Å². The van der Waals surface area contributed by atoms with Crippen LogP contribution in [0.15, 0.2) is 12.2 Å². The van der Waals surface area contributed by atoms with E-state index in [1.54, 1.807) is 0 Å². The molecule has 0 heterocycles. The Kier molecular flexibility index (Phi) is 15.7. The molecule has 5 unspecified atom stereocenters. The summed E-state index contributed by atoms with van der Waals surface area (Å²) in [5.74, 6) is 1.63. The number of hydrogen-bond acceptors (Lipinski definition) is 2. The zero-order valence-corrected chi connectivity index (χ0v) is 25.9. The smallest absolute Gasteiger partial charge is 0.224 e. The number of unbranched alkanes of at least 4 members (excludes halogenated alkanes) is 12. The third-order valence-electron chi connectivity index (χ3n) is 9.89. The van der Waals surface area contributed by atoms with Crippen molar-refractivity contribution in [1.29, 1.82) is 0 Å². The predicted octanol–water partition coefficient (Wildman–Crippen LogP) is 8.70. The monoisotopic (exact) mass is 530 g/mol. The van der Waals surface area contributed by atoms with Gasteiger partial charge in [-0.1, -0.05) is 124 Å². The van der Waals surface area contributed by atoms with Crippen molar-refractivity contribution < 1.29 is 9.59 Å². The summed E-state index contributed by atoms with van der Waals surface area (Å²) in [6.45, 7) is 13.8. The van der Waals surface area contributed by atoms with Crippen molar-refractivity contribution in [3.05, 3.63) is 12.2 Å². The minimum absolute atomic E-state index is 0.117. The van der Waals surface area contributed by atoms with Crippen LogP contribution in [0.5, 0.6) is 0 Å². The van der Waals surface area contributed by atoms with E-state index in [0.29, 0.717) is 24.2 Å². The molecule has 4 nitrogen and oxygen atoms in total. The molecule has 0 aromatic carbocycles. The van der Waals surface area contributed by atoms with E-state index in [2.05, 4.69) is 57.0 Å². The molecule has 0 saturated heterocycles. The Hall–Kier alpha value is -1.32. The third-order valence-corrected chi connectivity index (χ3v) is 9.89. The van der Waals surface area contributed by atoms with E-state index in [-0.39, 0.29) is 23.1 Å². The van der Waals surface area contributed by atoms with Gasteiger partial charge in [0.25, 0.3) is 0 Å². The van der Waals surface area contributed by atoms with E-state index in [9.17, 15) is 9.59 Å². The zero-order chi connectivity index (χ0) is 27.8. The van der Waals surface area contributed by atoms with Gasteiger partial charge in [0, 0.05) is 31.5 Å². The first-order valence-electron chi connectivity index (χ1n) is 16.7. The van der Waals surface area contributed by atoms with Crippen LogP contribution in [0, 0.1) is 29.1 Å². The Bertz CT molecular complexity index is 691. The molecule has 0 aliphatic heterocycles. The Balaban J connectivity index is 2.08. The SMILES string of the molecule is CCCCCCCNC(=O)C(CC(=O)N(CCCCCCC)CCCCCCC)C12C=CC(C1)C(C)C2C. The summed E-state index contributed by atoms with van der Waals surface area (Å²) >= 11 is 0. The Morgan fingerprint density at radius 1 is 0.816 bits per heavy atom. The fourth-order valence-corrected chi connectivity index (χ4v) is 7.05. The second-order valence-electron chi connectivity index (χ2n) is 12.7. The van der Waals surface area contributed by atoms with Crippen molar-refractivity contribution in [2.75, 3.05) is 19.6 Å². The van der Waals surface area contributed by atoms with E-state index in [4.69, 9.17) is 0 Å². The topological polar surface area (TPSA) is 49.4 Å². The average Bonchev–Trinajstić information content (AvgIpc) is 3.46. The van der Waals surface area contributed by atoms with Crippen LogP contribution >= 0.6 is 0 Å². The zero-order valence-electron chi connectivity index (χ0n) is 25.9. The molecule has 2 bridgehead atoms. The second-order valence-corrected chi connectivity index (χ2v) is 12.7. The molecule has 0 aromatic heterocycles. The van der Waals surface area contributed by atoms with Gasteiger partial charge in [-0.3, -0.25) is 9.59 Å². The molecule has 2 rings (SSSR count). The summed E-state index contributed by atoms with van der Waals surface area (Å²) in [6.07, 6.45) is 24.1. The number of rotatable bonds is 22. The highest BCUT2D eigenvalue weighted by atomic mass is 16.2. The predicted molar refractivity (Wildman–Crippen MR) is 162 cm³/mol. The fourth-order valence-electron chi connectivity index (χ4n) is 7.05. The van der Waals surface area contributed by atoms with Crippen LogP contribution in [0.1, 0.15) is 144 Å². The van der Waals surface area contributed by atoms with Crippen molar-refractivity contribution in [2.24, 2.45) is 29.1 Å². The van der Waals surface area contributed by atoms with Crippen LogP contribution in [-0.2, 0) is 9.59 Å². The molecule has 1 saturated carbocycles. The van der Waals surface area contributed by atoms with Crippen molar-refractivity contribution in [3.8, 4) is 0 Å². The van der Waals surface area contributed by atoms with Crippen molar-refractivity contribution in [1.82, 2.24) is 10.2 Å².